The lowest BCUT2D eigenvalue weighted by Gasteiger charge is -2.08. The summed E-state index contributed by atoms with van der Waals surface area (Å²) in [5.74, 6) is 0. The minimum absolute atomic E-state index is 0.278. The Balaban J connectivity index is 2.24. The first kappa shape index (κ1) is 13.6. The molecule has 0 unspecified atom stereocenters. The molecule has 2 aromatic rings. The van der Waals surface area contributed by atoms with Crippen molar-refractivity contribution in [2.75, 3.05) is 6.61 Å². The molecule has 0 aromatic heterocycles. The molecule has 1 N–H and O–H groups in total. The maximum atomic E-state index is 8.84. The molecular formula is C18H20O. The summed E-state index contributed by atoms with van der Waals surface area (Å²) in [5, 5.41) is 8.84. The van der Waals surface area contributed by atoms with E-state index in [9.17, 15) is 0 Å². The highest BCUT2D eigenvalue weighted by Crippen LogP contribution is 2.24. The summed E-state index contributed by atoms with van der Waals surface area (Å²) in [6, 6.07) is 20.9. The number of rotatable bonds is 6. The Morgan fingerprint density at radius 2 is 1.32 bits per heavy atom. The number of aliphatic hydroxyl groups is 1. The molecule has 98 valence electrons. The van der Waals surface area contributed by atoms with Crippen LogP contribution in [0.2, 0.25) is 0 Å². The van der Waals surface area contributed by atoms with Crippen molar-refractivity contribution in [2.24, 2.45) is 0 Å². The van der Waals surface area contributed by atoms with Crippen LogP contribution in [-0.2, 0) is 0 Å². The SMILES string of the molecule is OCCCCC=C(c1ccccc1)c1ccccc1. The number of hydrogen-bond acceptors (Lipinski definition) is 1. The maximum Gasteiger partial charge on any atom is 0.0431 e. The average molecular weight is 252 g/mol. The molecular weight excluding hydrogens is 232 g/mol. The quantitative estimate of drug-likeness (QED) is 0.761. The van der Waals surface area contributed by atoms with Crippen LogP contribution in [0.5, 0.6) is 0 Å². The van der Waals surface area contributed by atoms with E-state index in [2.05, 4.69) is 54.6 Å². The molecule has 0 aliphatic carbocycles. The zero-order valence-electron chi connectivity index (χ0n) is 11.1. The van der Waals surface area contributed by atoms with Crippen molar-refractivity contribution in [3.63, 3.8) is 0 Å². The van der Waals surface area contributed by atoms with Crippen LogP contribution in [-0.4, -0.2) is 11.7 Å². The second kappa shape index (κ2) is 7.55. The van der Waals surface area contributed by atoms with Gasteiger partial charge < -0.3 is 5.11 Å². The Hall–Kier alpha value is -1.86. The first-order chi connectivity index (χ1) is 9.42. The number of hydrogen-bond donors (Lipinski definition) is 1. The van der Waals surface area contributed by atoms with Gasteiger partial charge in [-0.15, -0.1) is 0 Å². The van der Waals surface area contributed by atoms with Crippen LogP contribution in [0.25, 0.3) is 5.57 Å². The zero-order chi connectivity index (χ0) is 13.3. The van der Waals surface area contributed by atoms with Crippen molar-refractivity contribution >= 4 is 5.57 Å². The third kappa shape index (κ3) is 4.08. The summed E-state index contributed by atoms with van der Waals surface area (Å²) in [4.78, 5) is 0. The minimum atomic E-state index is 0.278. The van der Waals surface area contributed by atoms with Crippen molar-refractivity contribution in [2.45, 2.75) is 19.3 Å². The lowest BCUT2D eigenvalue weighted by molar-refractivity contribution is 0.285. The van der Waals surface area contributed by atoms with Crippen LogP contribution in [0, 0.1) is 0 Å². The fourth-order valence-electron chi connectivity index (χ4n) is 2.14. The summed E-state index contributed by atoms with van der Waals surface area (Å²) < 4.78 is 0. The van der Waals surface area contributed by atoms with Gasteiger partial charge in [-0.05, 0) is 36.0 Å². The fourth-order valence-corrected chi connectivity index (χ4v) is 2.14. The molecule has 0 bridgehead atoms. The van der Waals surface area contributed by atoms with Crippen LogP contribution in [0.3, 0.4) is 0 Å². The van der Waals surface area contributed by atoms with Crippen LogP contribution in [0.1, 0.15) is 30.4 Å². The summed E-state index contributed by atoms with van der Waals surface area (Å²) in [6.45, 7) is 0.278. The lowest BCUT2D eigenvalue weighted by Crippen LogP contribution is -1.88. The second-order valence-electron chi connectivity index (χ2n) is 4.57. The summed E-state index contributed by atoms with van der Waals surface area (Å²) in [5.41, 5.74) is 3.77. The fraction of sp³-hybridized carbons (Fsp3) is 0.222. The first-order valence-electron chi connectivity index (χ1n) is 6.83. The molecule has 0 radical (unpaired) electrons. The molecule has 1 heteroatoms. The molecule has 2 aromatic carbocycles. The summed E-state index contributed by atoms with van der Waals surface area (Å²) in [6.07, 6.45) is 5.17. The maximum absolute atomic E-state index is 8.84. The van der Waals surface area contributed by atoms with Gasteiger partial charge in [0.2, 0.25) is 0 Å². The van der Waals surface area contributed by atoms with Crippen molar-refractivity contribution in [1.29, 1.82) is 0 Å². The largest absolute Gasteiger partial charge is 0.396 e. The molecule has 0 aliphatic rings. The predicted molar refractivity (Wildman–Crippen MR) is 80.9 cm³/mol. The Bertz CT molecular complexity index is 458. The van der Waals surface area contributed by atoms with Crippen LogP contribution in [0.4, 0.5) is 0 Å². The zero-order valence-corrected chi connectivity index (χ0v) is 11.1. The molecule has 0 atom stereocenters. The van der Waals surface area contributed by atoms with Gasteiger partial charge in [0, 0.05) is 6.61 Å². The van der Waals surface area contributed by atoms with Gasteiger partial charge in [-0.3, -0.25) is 0 Å². The smallest absolute Gasteiger partial charge is 0.0431 e. The van der Waals surface area contributed by atoms with E-state index < -0.39 is 0 Å². The minimum Gasteiger partial charge on any atom is -0.396 e. The normalized spacial score (nSPS) is 10.2. The van der Waals surface area contributed by atoms with Crippen molar-refractivity contribution in [3.8, 4) is 0 Å². The number of unbranched alkanes of at least 4 members (excludes halogenated alkanes) is 2. The van der Waals surface area contributed by atoms with E-state index in [4.69, 9.17) is 5.11 Å². The van der Waals surface area contributed by atoms with Gasteiger partial charge in [0.1, 0.15) is 0 Å². The number of aliphatic hydroxyl groups excluding tert-OH is 1. The van der Waals surface area contributed by atoms with E-state index in [-0.39, 0.29) is 6.61 Å². The molecule has 0 fully saturated rings. The van der Waals surface area contributed by atoms with E-state index in [1.807, 2.05) is 12.1 Å². The Morgan fingerprint density at radius 1 is 0.789 bits per heavy atom. The number of benzene rings is 2. The van der Waals surface area contributed by atoms with Gasteiger partial charge in [-0.1, -0.05) is 66.7 Å². The summed E-state index contributed by atoms with van der Waals surface area (Å²) >= 11 is 0. The van der Waals surface area contributed by atoms with Gasteiger partial charge in [0.05, 0.1) is 0 Å². The molecule has 0 saturated heterocycles. The second-order valence-corrected chi connectivity index (χ2v) is 4.57. The van der Waals surface area contributed by atoms with Gasteiger partial charge in [0.15, 0.2) is 0 Å². The predicted octanol–water partition coefficient (Wildman–Crippen LogP) is 4.28. The average Bonchev–Trinajstić information content (AvgIpc) is 2.49. The highest BCUT2D eigenvalue weighted by atomic mass is 16.2. The van der Waals surface area contributed by atoms with E-state index in [0.717, 1.165) is 19.3 Å². The highest BCUT2D eigenvalue weighted by Gasteiger charge is 2.03. The van der Waals surface area contributed by atoms with Crippen molar-refractivity contribution < 1.29 is 5.11 Å². The summed E-state index contributed by atoms with van der Waals surface area (Å²) in [7, 11) is 0. The van der Waals surface area contributed by atoms with Crippen molar-refractivity contribution in [1.82, 2.24) is 0 Å². The van der Waals surface area contributed by atoms with Gasteiger partial charge in [-0.25, -0.2) is 0 Å². The Morgan fingerprint density at radius 3 is 1.79 bits per heavy atom. The number of allylic oxidation sites excluding steroid dienone is 1. The highest BCUT2D eigenvalue weighted by molar-refractivity contribution is 5.79. The third-order valence-corrected chi connectivity index (χ3v) is 3.13. The van der Waals surface area contributed by atoms with E-state index >= 15 is 0 Å². The van der Waals surface area contributed by atoms with E-state index in [0.29, 0.717) is 0 Å². The molecule has 1 nitrogen and oxygen atoms in total. The molecule has 0 amide bonds. The van der Waals surface area contributed by atoms with Gasteiger partial charge in [0.25, 0.3) is 0 Å². The van der Waals surface area contributed by atoms with E-state index in [1.165, 1.54) is 16.7 Å². The molecule has 19 heavy (non-hydrogen) atoms. The van der Waals surface area contributed by atoms with Crippen LogP contribution in [0.15, 0.2) is 66.7 Å². The topological polar surface area (TPSA) is 20.2 Å². The molecule has 0 aliphatic heterocycles. The Labute approximate surface area is 115 Å². The standard InChI is InChI=1S/C18H20O/c19-15-9-3-8-14-18(16-10-4-1-5-11-16)17-12-6-2-7-13-17/h1-2,4-7,10-14,19H,3,8-9,15H2. The molecule has 0 heterocycles. The van der Waals surface area contributed by atoms with Gasteiger partial charge >= 0.3 is 0 Å². The Kier molecular flexibility index (Phi) is 5.39. The lowest BCUT2D eigenvalue weighted by atomic mass is 9.96. The van der Waals surface area contributed by atoms with Gasteiger partial charge in [-0.2, -0.15) is 0 Å². The van der Waals surface area contributed by atoms with E-state index in [1.54, 1.807) is 0 Å². The first-order valence-corrected chi connectivity index (χ1v) is 6.83. The van der Waals surface area contributed by atoms with Crippen LogP contribution < -0.4 is 0 Å². The molecule has 0 spiro atoms. The van der Waals surface area contributed by atoms with Crippen molar-refractivity contribution in [3.05, 3.63) is 77.9 Å². The molecule has 0 saturated carbocycles. The third-order valence-electron chi connectivity index (χ3n) is 3.13. The monoisotopic (exact) mass is 252 g/mol. The molecule has 2 rings (SSSR count). The van der Waals surface area contributed by atoms with Crippen LogP contribution >= 0.6 is 0 Å².